The predicted octanol–water partition coefficient (Wildman–Crippen LogP) is 1.47. The largest absolute Gasteiger partial charge is 0.493 e. The number of nitrogens with two attached hydrogens (primary N) is 1. The molecule has 0 saturated heterocycles. The van der Waals surface area contributed by atoms with Gasteiger partial charge in [-0.3, -0.25) is 4.79 Å². The van der Waals surface area contributed by atoms with Crippen LogP contribution in [0.25, 0.3) is 0 Å². The molecule has 19 heavy (non-hydrogen) atoms. The van der Waals surface area contributed by atoms with E-state index in [4.69, 9.17) is 15.2 Å². The predicted molar refractivity (Wildman–Crippen MR) is 77.6 cm³/mol. The lowest BCUT2D eigenvalue weighted by molar-refractivity contribution is -0.123. The van der Waals surface area contributed by atoms with Gasteiger partial charge in [0.1, 0.15) is 0 Å². The van der Waals surface area contributed by atoms with Crippen LogP contribution in [-0.2, 0) is 11.2 Å². The van der Waals surface area contributed by atoms with Crippen molar-refractivity contribution in [3.63, 3.8) is 0 Å². The van der Waals surface area contributed by atoms with Crippen LogP contribution in [0.15, 0.2) is 16.6 Å². The minimum absolute atomic E-state index is 0.0426. The van der Waals surface area contributed by atoms with Gasteiger partial charge in [-0.25, -0.2) is 0 Å². The van der Waals surface area contributed by atoms with Crippen molar-refractivity contribution in [3.8, 4) is 11.5 Å². The summed E-state index contributed by atoms with van der Waals surface area (Å²) in [6, 6.07) is 3.78. The molecular weight excluding hydrogens is 312 g/mol. The molecule has 0 aliphatic heterocycles. The normalized spacial score (nSPS) is 10.1. The summed E-state index contributed by atoms with van der Waals surface area (Å²) in [5.74, 6) is 0.944. The van der Waals surface area contributed by atoms with Gasteiger partial charge in [0.25, 0.3) is 5.91 Å². The highest BCUT2D eigenvalue weighted by molar-refractivity contribution is 9.10. The lowest BCUT2D eigenvalue weighted by Gasteiger charge is -2.14. The van der Waals surface area contributed by atoms with Crippen LogP contribution in [0.1, 0.15) is 12.5 Å². The van der Waals surface area contributed by atoms with E-state index in [1.807, 2.05) is 19.1 Å². The van der Waals surface area contributed by atoms with Crippen LogP contribution in [0.2, 0.25) is 0 Å². The van der Waals surface area contributed by atoms with E-state index in [2.05, 4.69) is 21.2 Å². The van der Waals surface area contributed by atoms with Gasteiger partial charge in [0, 0.05) is 6.54 Å². The third kappa shape index (κ3) is 4.72. The molecule has 3 N–H and O–H groups in total. The third-order valence-electron chi connectivity index (χ3n) is 2.44. The first-order valence-corrected chi connectivity index (χ1v) is 6.87. The topological polar surface area (TPSA) is 73.6 Å². The summed E-state index contributed by atoms with van der Waals surface area (Å²) in [5.41, 5.74) is 6.58. The van der Waals surface area contributed by atoms with Gasteiger partial charge in [0.05, 0.1) is 11.6 Å². The fraction of sp³-hybridized carbons (Fsp3) is 0.462. The number of nitrogens with one attached hydrogen (secondary N) is 1. The number of ether oxygens (including phenoxy) is 2. The first-order valence-electron chi connectivity index (χ1n) is 6.08. The van der Waals surface area contributed by atoms with E-state index in [0.29, 0.717) is 24.6 Å². The van der Waals surface area contributed by atoms with Crippen LogP contribution in [0.3, 0.4) is 0 Å². The minimum atomic E-state index is -0.164. The van der Waals surface area contributed by atoms with Crippen LogP contribution >= 0.6 is 15.9 Å². The Labute approximate surface area is 121 Å². The van der Waals surface area contributed by atoms with E-state index in [-0.39, 0.29) is 12.5 Å². The van der Waals surface area contributed by atoms with Crippen molar-refractivity contribution in [2.75, 3.05) is 26.8 Å². The molecule has 5 nitrogen and oxygen atoms in total. The van der Waals surface area contributed by atoms with Gasteiger partial charge in [-0.15, -0.1) is 0 Å². The quantitative estimate of drug-likeness (QED) is 0.794. The van der Waals surface area contributed by atoms with Crippen molar-refractivity contribution in [2.24, 2.45) is 5.73 Å². The monoisotopic (exact) mass is 330 g/mol. The molecule has 106 valence electrons. The fourth-order valence-corrected chi connectivity index (χ4v) is 2.21. The average Bonchev–Trinajstić information content (AvgIpc) is 2.37. The number of rotatable bonds is 7. The van der Waals surface area contributed by atoms with E-state index in [9.17, 15) is 4.79 Å². The van der Waals surface area contributed by atoms with E-state index >= 15 is 0 Å². The summed E-state index contributed by atoms with van der Waals surface area (Å²) in [4.78, 5) is 11.4. The lowest BCUT2D eigenvalue weighted by atomic mass is 10.1. The number of hydrogen-bond donors (Lipinski definition) is 2. The number of amides is 1. The zero-order valence-electron chi connectivity index (χ0n) is 11.2. The molecule has 0 bridgehead atoms. The molecule has 1 aromatic rings. The second-order valence-electron chi connectivity index (χ2n) is 3.89. The van der Waals surface area contributed by atoms with Crippen LogP contribution in [0.4, 0.5) is 0 Å². The van der Waals surface area contributed by atoms with Crippen molar-refractivity contribution >= 4 is 21.8 Å². The molecule has 0 aliphatic rings. The molecule has 1 amide bonds. The Morgan fingerprint density at radius 3 is 2.79 bits per heavy atom. The van der Waals surface area contributed by atoms with Crippen molar-refractivity contribution in [1.82, 2.24) is 5.32 Å². The van der Waals surface area contributed by atoms with Gasteiger partial charge in [-0.05, 0) is 53.5 Å². The second-order valence-corrected chi connectivity index (χ2v) is 4.74. The van der Waals surface area contributed by atoms with Crippen LogP contribution < -0.4 is 20.5 Å². The fourth-order valence-electron chi connectivity index (χ4n) is 1.61. The molecule has 0 heterocycles. The van der Waals surface area contributed by atoms with E-state index in [1.54, 1.807) is 7.11 Å². The van der Waals surface area contributed by atoms with E-state index in [1.165, 1.54) is 0 Å². The van der Waals surface area contributed by atoms with E-state index < -0.39 is 0 Å². The highest BCUT2D eigenvalue weighted by Crippen LogP contribution is 2.36. The number of carbonyl (C=O) groups excluding carboxylic acids is 1. The summed E-state index contributed by atoms with van der Waals surface area (Å²) in [6.07, 6.45) is 0.756. The van der Waals surface area contributed by atoms with Crippen LogP contribution in [0, 0.1) is 0 Å². The van der Waals surface area contributed by atoms with Crippen LogP contribution in [-0.4, -0.2) is 32.7 Å². The Kier molecular flexibility index (Phi) is 6.66. The van der Waals surface area contributed by atoms with E-state index in [0.717, 1.165) is 16.5 Å². The highest BCUT2D eigenvalue weighted by Gasteiger charge is 2.13. The molecule has 0 aliphatic carbocycles. The maximum Gasteiger partial charge on any atom is 0.257 e. The number of carbonyl (C=O) groups is 1. The Morgan fingerprint density at radius 2 is 2.21 bits per heavy atom. The number of halogens is 1. The zero-order valence-corrected chi connectivity index (χ0v) is 12.7. The van der Waals surface area contributed by atoms with Crippen LogP contribution in [0.5, 0.6) is 11.5 Å². The Balaban J connectivity index is 2.84. The molecule has 0 unspecified atom stereocenters. The SMILES string of the molecule is CCNC(=O)COc1c(Br)cc(CCN)cc1OC. The summed E-state index contributed by atoms with van der Waals surface area (Å²) >= 11 is 3.42. The van der Waals surface area contributed by atoms with Gasteiger partial charge in [-0.2, -0.15) is 0 Å². The molecule has 0 atom stereocenters. The Morgan fingerprint density at radius 1 is 1.47 bits per heavy atom. The lowest BCUT2D eigenvalue weighted by Crippen LogP contribution is -2.28. The van der Waals surface area contributed by atoms with Gasteiger partial charge in [-0.1, -0.05) is 0 Å². The summed E-state index contributed by atoms with van der Waals surface area (Å²) in [5, 5.41) is 2.67. The number of benzene rings is 1. The molecule has 1 aromatic carbocycles. The molecule has 6 heteroatoms. The van der Waals surface area contributed by atoms with Crippen molar-refractivity contribution in [3.05, 3.63) is 22.2 Å². The standard InChI is InChI=1S/C13H19BrN2O3/c1-3-16-12(17)8-19-13-10(14)6-9(4-5-15)7-11(13)18-2/h6-7H,3-5,8,15H2,1-2H3,(H,16,17). The van der Waals surface area contributed by atoms with Crippen molar-refractivity contribution in [2.45, 2.75) is 13.3 Å². The van der Waals surface area contributed by atoms with Gasteiger partial charge >= 0.3 is 0 Å². The number of likely N-dealkylation sites (N-methyl/N-ethyl adjacent to an activating group) is 1. The average molecular weight is 331 g/mol. The number of hydrogen-bond acceptors (Lipinski definition) is 4. The molecule has 1 rings (SSSR count). The minimum Gasteiger partial charge on any atom is -0.493 e. The van der Waals surface area contributed by atoms with Crippen molar-refractivity contribution in [1.29, 1.82) is 0 Å². The first-order chi connectivity index (χ1) is 9.12. The summed E-state index contributed by atoms with van der Waals surface area (Å²) in [7, 11) is 1.56. The molecule has 0 fully saturated rings. The van der Waals surface area contributed by atoms with Gasteiger partial charge < -0.3 is 20.5 Å². The molecule has 0 saturated carbocycles. The second kappa shape index (κ2) is 8.01. The maximum atomic E-state index is 11.4. The van der Waals surface area contributed by atoms with Gasteiger partial charge in [0.2, 0.25) is 0 Å². The Bertz CT molecular complexity index is 438. The maximum absolute atomic E-state index is 11.4. The smallest absolute Gasteiger partial charge is 0.257 e. The molecule has 0 radical (unpaired) electrons. The molecular formula is C13H19BrN2O3. The molecule has 0 aromatic heterocycles. The summed E-state index contributed by atoms with van der Waals surface area (Å²) < 4.78 is 11.5. The zero-order chi connectivity index (χ0) is 14.3. The van der Waals surface area contributed by atoms with Gasteiger partial charge in [0.15, 0.2) is 18.1 Å². The third-order valence-corrected chi connectivity index (χ3v) is 3.03. The number of methoxy groups -OCH3 is 1. The van der Waals surface area contributed by atoms with Crippen molar-refractivity contribution < 1.29 is 14.3 Å². The summed E-state index contributed by atoms with van der Waals surface area (Å²) in [6.45, 7) is 2.96. The highest BCUT2D eigenvalue weighted by atomic mass is 79.9. The molecule has 0 spiro atoms. The Hall–Kier alpha value is -1.27. The first kappa shape index (κ1) is 15.8.